The summed E-state index contributed by atoms with van der Waals surface area (Å²) >= 11 is 0. The molecule has 1 saturated carbocycles. The van der Waals surface area contributed by atoms with Crippen LogP contribution in [-0.4, -0.2) is 11.9 Å². The quantitative estimate of drug-likeness (QED) is 0.772. The van der Waals surface area contributed by atoms with Crippen LogP contribution in [-0.2, 0) is 12.4 Å². The van der Waals surface area contributed by atoms with E-state index in [2.05, 4.69) is 5.32 Å². The summed E-state index contributed by atoms with van der Waals surface area (Å²) in [5.41, 5.74) is -3.60. The molecule has 0 bridgehead atoms. The molecule has 2 nitrogen and oxygen atoms in total. The summed E-state index contributed by atoms with van der Waals surface area (Å²) in [4.78, 5) is 12.0. The molecule has 0 heterocycles. The Kier molecular flexibility index (Phi) is 4.91. The largest absolute Gasteiger partial charge is 0.416 e. The number of carbonyl (C=O) groups is 1. The summed E-state index contributed by atoms with van der Waals surface area (Å²) in [6.07, 6.45) is -5.80. The highest BCUT2D eigenvalue weighted by Gasteiger charge is 2.37. The van der Waals surface area contributed by atoms with Gasteiger partial charge in [0.05, 0.1) is 11.1 Å². The number of alkyl halides is 6. The van der Waals surface area contributed by atoms with Crippen molar-refractivity contribution < 1.29 is 31.1 Å². The molecule has 1 aromatic carbocycles. The van der Waals surface area contributed by atoms with Crippen molar-refractivity contribution in [2.75, 3.05) is 0 Å². The molecule has 8 heteroatoms. The monoisotopic (exact) mass is 339 g/mol. The van der Waals surface area contributed by atoms with Gasteiger partial charge in [-0.3, -0.25) is 4.79 Å². The first-order valence-corrected chi connectivity index (χ1v) is 7.18. The Bertz CT molecular complexity index is 540. The highest BCUT2D eigenvalue weighted by atomic mass is 19.4. The first kappa shape index (κ1) is 17.6. The highest BCUT2D eigenvalue weighted by molar-refractivity contribution is 5.94. The molecule has 1 aromatic rings. The number of nitrogens with one attached hydrogen (secondary N) is 1. The fourth-order valence-corrected chi connectivity index (χ4v) is 2.60. The topological polar surface area (TPSA) is 29.1 Å². The normalized spacial score (nSPS) is 17.1. The standard InChI is InChI=1S/C15H15F6NO/c16-14(17,18)10-6-9(7-11(8-10)15(19,20)21)13(23)22-12-4-2-1-3-5-12/h6-8,12H,1-5H2,(H,22,23). The molecule has 0 atom stereocenters. The van der Waals surface area contributed by atoms with Crippen LogP contribution in [0.5, 0.6) is 0 Å². The Morgan fingerprint density at radius 3 is 1.78 bits per heavy atom. The van der Waals surface area contributed by atoms with Crippen molar-refractivity contribution in [2.24, 2.45) is 0 Å². The van der Waals surface area contributed by atoms with Crippen molar-refractivity contribution in [3.63, 3.8) is 0 Å². The van der Waals surface area contributed by atoms with E-state index in [1.54, 1.807) is 0 Å². The number of amides is 1. The summed E-state index contributed by atoms with van der Waals surface area (Å²) < 4.78 is 76.6. The van der Waals surface area contributed by atoms with Crippen LogP contribution in [0.4, 0.5) is 26.3 Å². The third kappa shape index (κ3) is 4.62. The van der Waals surface area contributed by atoms with Gasteiger partial charge in [-0.25, -0.2) is 0 Å². The molecule has 0 unspecified atom stereocenters. The summed E-state index contributed by atoms with van der Waals surface area (Å²) in [7, 11) is 0. The summed E-state index contributed by atoms with van der Waals surface area (Å²) in [5.74, 6) is -0.909. The van der Waals surface area contributed by atoms with Crippen molar-refractivity contribution in [3.8, 4) is 0 Å². The highest BCUT2D eigenvalue weighted by Crippen LogP contribution is 2.36. The maximum Gasteiger partial charge on any atom is 0.416 e. The predicted molar refractivity (Wildman–Crippen MR) is 70.8 cm³/mol. The Morgan fingerprint density at radius 2 is 1.35 bits per heavy atom. The molecule has 1 N–H and O–H groups in total. The van der Waals surface area contributed by atoms with E-state index in [9.17, 15) is 31.1 Å². The van der Waals surface area contributed by atoms with Gasteiger partial charge in [0, 0.05) is 11.6 Å². The van der Waals surface area contributed by atoms with E-state index < -0.39 is 35.0 Å². The molecule has 1 aliphatic rings. The molecule has 1 fully saturated rings. The smallest absolute Gasteiger partial charge is 0.349 e. The maximum absolute atomic E-state index is 12.8. The molecular weight excluding hydrogens is 324 g/mol. The van der Waals surface area contributed by atoms with Crippen molar-refractivity contribution in [2.45, 2.75) is 50.5 Å². The van der Waals surface area contributed by atoms with Crippen LogP contribution in [0, 0.1) is 0 Å². The lowest BCUT2D eigenvalue weighted by atomic mass is 9.95. The third-order valence-corrected chi connectivity index (χ3v) is 3.79. The molecule has 0 aromatic heterocycles. The van der Waals surface area contributed by atoms with E-state index in [1.807, 2.05) is 0 Å². The summed E-state index contributed by atoms with van der Waals surface area (Å²) in [5, 5.41) is 2.52. The van der Waals surface area contributed by atoms with Crippen LogP contribution < -0.4 is 5.32 Å². The second-order valence-corrected chi connectivity index (χ2v) is 5.60. The molecule has 0 aliphatic heterocycles. The van der Waals surface area contributed by atoms with Gasteiger partial charge in [0.2, 0.25) is 0 Å². The Morgan fingerprint density at radius 1 is 0.870 bits per heavy atom. The minimum atomic E-state index is -4.96. The summed E-state index contributed by atoms with van der Waals surface area (Å²) in [6.45, 7) is 0. The lowest BCUT2D eigenvalue weighted by Gasteiger charge is -2.23. The van der Waals surface area contributed by atoms with Gasteiger partial charge >= 0.3 is 12.4 Å². The van der Waals surface area contributed by atoms with E-state index in [0.29, 0.717) is 25.0 Å². The van der Waals surface area contributed by atoms with Gasteiger partial charge in [-0.15, -0.1) is 0 Å². The van der Waals surface area contributed by atoms with Crippen molar-refractivity contribution in [3.05, 3.63) is 34.9 Å². The second kappa shape index (κ2) is 6.41. The molecular formula is C15H15F6NO. The van der Waals surface area contributed by atoms with E-state index in [4.69, 9.17) is 0 Å². The van der Waals surface area contributed by atoms with Gasteiger partial charge < -0.3 is 5.32 Å². The predicted octanol–water partition coefficient (Wildman–Crippen LogP) is 4.79. The van der Waals surface area contributed by atoms with Crippen LogP contribution in [0.2, 0.25) is 0 Å². The number of benzene rings is 1. The molecule has 0 spiro atoms. The van der Waals surface area contributed by atoms with Gasteiger partial charge in [-0.1, -0.05) is 19.3 Å². The van der Waals surface area contributed by atoms with E-state index in [-0.39, 0.29) is 12.1 Å². The number of rotatable bonds is 2. The first-order chi connectivity index (χ1) is 10.6. The Hall–Kier alpha value is -1.73. The van der Waals surface area contributed by atoms with E-state index in [1.165, 1.54) is 0 Å². The van der Waals surface area contributed by atoms with Crippen LogP contribution in [0.3, 0.4) is 0 Å². The first-order valence-electron chi connectivity index (χ1n) is 7.18. The van der Waals surface area contributed by atoms with Crippen molar-refractivity contribution >= 4 is 5.91 Å². The molecule has 23 heavy (non-hydrogen) atoms. The molecule has 1 amide bonds. The average molecular weight is 339 g/mol. The van der Waals surface area contributed by atoms with Crippen molar-refractivity contribution in [1.82, 2.24) is 5.32 Å². The Labute approximate surface area is 128 Å². The van der Waals surface area contributed by atoms with Crippen LogP contribution in [0.1, 0.15) is 53.6 Å². The van der Waals surface area contributed by atoms with Gasteiger partial charge in [-0.05, 0) is 31.0 Å². The summed E-state index contributed by atoms with van der Waals surface area (Å²) in [6, 6.07) is 0.707. The fourth-order valence-electron chi connectivity index (χ4n) is 2.60. The number of hydrogen-bond acceptors (Lipinski definition) is 1. The molecule has 2 rings (SSSR count). The lowest BCUT2D eigenvalue weighted by Crippen LogP contribution is -2.36. The lowest BCUT2D eigenvalue weighted by molar-refractivity contribution is -0.143. The zero-order chi connectivity index (χ0) is 17.3. The minimum Gasteiger partial charge on any atom is -0.349 e. The number of halogens is 6. The minimum absolute atomic E-state index is 0.0113. The average Bonchev–Trinajstić information content (AvgIpc) is 2.46. The molecule has 1 aliphatic carbocycles. The van der Waals surface area contributed by atoms with E-state index in [0.717, 1.165) is 19.3 Å². The SMILES string of the molecule is O=C(NC1CCCCC1)c1cc(C(F)(F)F)cc(C(F)(F)F)c1. The molecule has 128 valence electrons. The number of hydrogen-bond donors (Lipinski definition) is 1. The van der Waals surface area contributed by atoms with Gasteiger partial charge in [0.15, 0.2) is 0 Å². The van der Waals surface area contributed by atoms with Crippen molar-refractivity contribution in [1.29, 1.82) is 0 Å². The van der Waals surface area contributed by atoms with Gasteiger partial charge in [0.1, 0.15) is 0 Å². The zero-order valence-corrected chi connectivity index (χ0v) is 12.0. The fraction of sp³-hybridized carbons (Fsp3) is 0.533. The van der Waals surface area contributed by atoms with Crippen LogP contribution in [0.25, 0.3) is 0 Å². The second-order valence-electron chi connectivity index (χ2n) is 5.60. The van der Waals surface area contributed by atoms with Gasteiger partial charge in [0.25, 0.3) is 5.91 Å². The van der Waals surface area contributed by atoms with E-state index >= 15 is 0 Å². The third-order valence-electron chi connectivity index (χ3n) is 3.79. The van der Waals surface area contributed by atoms with Crippen LogP contribution in [0.15, 0.2) is 18.2 Å². The van der Waals surface area contributed by atoms with Gasteiger partial charge in [-0.2, -0.15) is 26.3 Å². The molecule has 0 saturated heterocycles. The molecule has 0 radical (unpaired) electrons. The zero-order valence-electron chi connectivity index (χ0n) is 12.0. The maximum atomic E-state index is 12.8. The Balaban J connectivity index is 2.30. The van der Waals surface area contributed by atoms with Crippen LogP contribution >= 0.6 is 0 Å². The number of carbonyl (C=O) groups excluding carboxylic acids is 1.